The highest BCUT2D eigenvalue weighted by molar-refractivity contribution is 7.89. The van der Waals surface area contributed by atoms with E-state index >= 15 is 0 Å². The van der Waals surface area contributed by atoms with Crippen LogP contribution in [0, 0.1) is 6.92 Å². The summed E-state index contributed by atoms with van der Waals surface area (Å²) < 4.78 is 32.5. The summed E-state index contributed by atoms with van der Waals surface area (Å²) in [5.74, 6) is -0.0716. The number of likely N-dealkylation sites (tertiary alicyclic amines) is 1. The first-order valence-electron chi connectivity index (χ1n) is 8.36. The molecule has 0 unspecified atom stereocenters. The second kappa shape index (κ2) is 6.06. The molecule has 0 aliphatic carbocycles. The van der Waals surface area contributed by atoms with Gasteiger partial charge in [-0.1, -0.05) is 22.4 Å². The number of carbonyl (C=O) groups excluding carboxylic acids is 1. The van der Waals surface area contributed by atoms with E-state index in [1.165, 1.54) is 0 Å². The van der Waals surface area contributed by atoms with Crippen molar-refractivity contribution >= 4 is 21.6 Å². The monoisotopic (exact) mass is 377 g/mol. The zero-order valence-electron chi connectivity index (χ0n) is 14.2. The first-order chi connectivity index (χ1) is 12.4. The maximum atomic E-state index is 12.6. The summed E-state index contributed by atoms with van der Waals surface area (Å²) >= 11 is 0. The minimum Gasteiger partial charge on any atom is -0.365 e. The van der Waals surface area contributed by atoms with E-state index in [4.69, 9.17) is 0 Å². The number of aryl methyl sites for hydroxylation is 1. The van der Waals surface area contributed by atoms with Crippen LogP contribution in [-0.2, 0) is 21.2 Å². The zero-order valence-corrected chi connectivity index (χ0v) is 15.0. The summed E-state index contributed by atoms with van der Waals surface area (Å²) in [4.78, 5) is 14.4. The molecule has 4 rings (SSSR count). The highest BCUT2D eigenvalue weighted by Crippen LogP contribution is 2.34. The Bertz CT molecular complexity index is 947. The predicted molar refractivity (Wildman–Crippen MR) is 91.7 cm³/mol. The van der Waals surface area contributed by atoms with E-state index in [9.17, 15) is 13.2 Å². The minimum absolute atomic E-state index is 0.0716. The van der Waals surface area contributed by atoms with Gasteiger partial charge in [-0.25, -0.2) is 13.0 Å². The molecule has 3 heterocycles. The smallest absolute Gasteiger partial charge is 0.244 e. The number of aromatic nitrogens is 2. The van der Waals surface area contributed by atoms with Gasteiger partial charge in [0.1, 0.15) is 21.9 Å². The summed E-state index contributed by atoms with van der Waals surface area (Å²) in [5, 5.41) is 10.7. The highest BCUT2D eigenvalue weighted by Gasteiger charge is 2.43. The van der Waals surface area contributed by atoms with Crippen molar-refractivity contribution in [2.75, 3.05) is 18.4 Å². The number of hydrogen-bond donors (Lipinski definition) is 2. The third kappa shape index (κ3) is 2.95. The molecule has 10 heteroatoms. The van der Waals surface area contributed by atoms with Crippen LogP contribution in [0.1, 0.15) is 24.2 Å². The normalized spacial score (nSPS) is 20.4. The second-order valence-corrected chi connectivity index (χ2v) is 8.31. The van der Waals surface area contributed by atoms with E-state index < -0.39 is 15.7 Å². The van der Waals surface area contributed by atoms with Gasteiger partial charge in [0.2, 0.25) is 15.9 Å². The number of carbonyl (C=O) groups is 1. The standard InChI is InChI=1S/C16H19N5O4S/c1-11-13(19-25-18-11)10-15(22)21-8-6-16(7-9-21)17-12-4-2-3-5-14(12)26(23,24)20-16/h2-5,17,20H,6-10H2,1H3. The molecule has 1 amide bonds. The van der Waals surface area contributed by atoms with Crippen LogP contribution in [-0.4, -0.2) is 48.3 Å². The van der Waals surface area contributed by atoms with Gasteiger partial charge in [0.05, 0.1) is 12.1 Å². The fourth-order valence-corrected chi connectivity index (χ4v) is 4.98. The Morgan fingerprint density at radius 2 is 2.00 bits per heavy atom. The second-order valence-electron chi connectivity index (χ2n) is 6.66. The van der Waals surface area contributed by atoms with Gasteiger partial charge in [-0.05, 0) is 19.1 Å². The maximum Gasteiger partial charge on any atom is 0.244 e. The lowest BCUT2D eigenvalue weighted by atomic mass is 9.96. The Morgan fingerprint density at radius 3 is 2.69 bits per heavy atom. The number of piperidine rings is 1. The predicted octanol–water partition coefficient (Wildman–Crippen LogP) is 0.643. The van der Waals surface area contributed by atoms with E-state index in [0.29, 0.717) is 43.0 Å². The summed E-state index contributed by atoms with van der Waals surface area (Å²) in [5.41, 5.74) is 0.955. The summed E-state index contributed by atoms with van der Waals surface area (Å²) in [6.45, 7) is 2.63. The van der Waals surface area contributed by atoms with Crippen LogP contribution < -0.4 is 10.0 Å². The van der Waals surface area contributed by atoms with Crippen molar-refractivity contribution in [3.63, 3.8) is 0 Å². The van der Waals surface area contributed by atoms with E-state index in [2.05, 4.69) is 25.0 Å². The van der Waals surface area contributed by atoms with E-state index in [-0.39, 0.29) is 17.2 Å². The van der Waals surface area contributed by atoms with Gasteiger partial charge in [-0.15, -0.1) is 0 Å². The van der Waals surface area contributed by atoms with Gasteiger partial charge < -0.3 is 10.2 Å². The van der Waals surface area contributed by atoms with Crippen molar-refractivity contribution in [2.45, 2.75) is 36.7 Å². The van der Waals surface area contributed by atoms with Gasteiger partial charge in [0, 0.05) is 25.9 Å². The fourth-order valence-electron chi connectivity index (χ4n) is 3.43. The molecule has 1 saturated heterocycles. The van der Waals surface area contributed by atoms with Crippen molar-refractivity contribution in [3.05, 3.63) is 35.7 Å². The van der Waals surface area contributed by atoms with Crippen LogP contribution in [0.3, 0.4) is 0 Å². The Morgan fingerprint density at radius 1 is 1.27 bits per heavy atom. The van der Waals surface area contributed by atoms with E-state index in [1.807, 2.05) is 0 Å². The zero-order chi connectivity index (χ0) is 18.4. The molecule has 2 aromatic rings. The molecular formula is C16H19N5O4S. The number of para-hydroxylation sites is 1. The Labute approximate surface area is 150 Å². The first kappa shape index (κ1) is 17.0. The van der Waals surface area contributed by atoms with Crippen molar-refractivity contribution < 1.29 is 17.8 Å². The van der Waals surface area contributed by atoms with Crippen molar-refractivity contribution in [1.82, 2.24) is 19.9 Å². The van der Waals surface area contributed by atoms with Gasteiger partial charge in [-0.2, -0.15) is 4.72 Å². The summed E-state index contributed by atoms with van der Waals surface area (Å²) in [6.07, 6.45) is 1.08. The number of benzene rings is 1. The molecule has 2 N–H and O–H groups in total. The summed E-state index contributed by atoms with van der Waals surface area (Å²) in [6, 6.07) is 6.82. The molecule has 0 radical (unpaired) electrons. The minimum atomic E-state index is -3.58. The van der Waals surface area contributed by atoms with Crippen molar-refractivity contribution in [3.8, 4) is 0 Å². The molecule has 0 saturated carbocycles. The number of hydrogen-bond acceptors (Lipinski definition) is 7. The number of rotatable bonds is 2. The molecule has 1 aromatic carbocycles. The summed E-state index contributed by atoms with van der Waals surface area (Å²) in [7, 11) is -3.58. The van der Waals surface area contributed by atoms with Gasteiger partial charge in [0.15, 0.2) is 0 Å². The molecule has 0 atom stereocenters. The molecule has 138 valence electrons. The molecule has 9 nitrogen and oxygen atoms in total. The Balaban J connectivity index is 1.47. The SMILES string of the molecule is Cc1nonc1CC(=O)N1CCC2(CC1)Nc1ccccc1S(=O)(=O)N2. The van der Waals surface area contributed by atoms with Crippen molar-refractivity contribution in [2.24, 2.45) is 0 Å². The number of nitrogens with zero attached hydrogens (tertiary/aromatic N) is 3. The van der Waals surface area contributed by atoms with E-state index in [1.54, 1.807) is 36.1 Å². The quantitative estimate of drug-likeness (QED) is 0.789. The first-order valence-corrected chi connectivity index (χ1v) is 9.84. The molecule has 26 heavy (non-hydrogen) atoms. The number of nitrogens with one attached hydrogen (secondary N) is 2. The average Bonchev–Trinajstić information content (AvgIpc) is 2.99. The highest BCUT2D eigenvalue weighted by atomic mass is 32.2. The van der Waals surface area contributed by atoms with Crippen LogP contribution in [0.4, 0.5) is 5.69 Å². The van der Waals surface area contributed by atoms with Crippen LogP contribution in [0.5, 0.6) is 0 Å². The number of amides is 1. The van der Waals surface area contributed by atoms with Crippen LogP contribution in [0.25, 0.3) is 0 Å². The molecule has 1 aromatic heterocycles. The average molecular weight is 377 g/mol. The Kier molecular flexibility index (Phi) is 3.96. The van der Waals surface area contributed by atoms with Gasteiger partial charge in [0.25, 0.3) is 0 Å². The molecule has 0 bridgehead atoms. The third-order valence-electron chi connectivity index (χ3n) is 4.92. The van der Waals surface area contributed by atoms with Gasteiger partial charge >= 0.3 is 0 Å². The third-order valence-corrected chi connectivity index (χ3v) is 6.51. The van der Waals surface area contributed by atoms with Crippen LogP contribution >= 0.6 is 0 Å². The molecular weight excluding hydrogens is 358 g/mol. The molecule has 2 aliphatic heterocycles. The molecule has 2 aliphatic rings. The lowest BCUT2D eigenvalue weighted by molar-refractivity contribution is -0.132. The van der Waals surface area contributed by atoms with Crippen LogP contribution in [0.15, 0.2) is 33.8 Å². The topological polar surface area (TPSA) is 117 Å². The largest absolute Gasteiger partial charge is 0.365 e. The van der Waals surface area contributed by atoms with Crippen LogP contribution in [0.2, 0.25) is 0 Å². The fraction of sp³-hybridized carbons (Fsp3) is 0.438. The molecule has 1 fully saturated rings. The Hall–Kier alpha value is -2.46. The molecule has 1 spiro atoms. The lowest BCUT2D eigenvalue weighted by Crippen LogP contribution is -2.62. The van der Waals surface area contributed by atoms with Gasteiger partial charge in [-0.3, -0.25) is 4.79 Å². The number of sulfonamides is 1. The van der Waals surface area contributed by atoms with Crippen molar-refractivity contribution in [1.29, 1.82) is 0 Å². The van der Waals surface area contributed by atoms with E-state index in [0.717, 1.165) is 0 Å². The number of fused-ring (bicyclic) bond motifs is 1. The maximum absolute atomic E-state index is 12.6. The lowest BCUT2D eigenvalue weighted by Gasteiger charge is -2.45. The number of anilines is 1.